The number of nitro benzene ring substituents is 1. The van der Waals surface area contributed by atoms with Crippen LogP contribution in [0.5, 0.6) is 0 Å². The summed E-state index contributed by atoms with van der Waals surface area (Å²) in [4.78, 5) is 26.3. The lowest BCUT2D eigenvalue weighted by atomic mass is 10.2. The SMILES string of the molecule is CNc1cc(C(=O)Nc2ccc(Cl)c([N+](=O)[O-])c2)ccn1. The van der Waals surface area contributed by atoms with Gasteiger partial charge in [-0.2, -0.15) is 0 Å². The van der Waals surface area contributed by atoms with E-state index in [-0.39, 0.29) is 10.7 Å². The van der Waals surface area contributed by atoms with Crippen LogP contribution in [0.3, 0.4) is 0 Å². The van der Waals surface area contributed by atoms with E-state index in [9.17, 15) is 14.9 Å². The van der Waals surface area contributed by atoms with Gasteiger partial charge in [0.2, 0.25) is 0 Å². The van der Waals surface area contributed by atoms with Gasteiger partial charge in [0.1, 0.15) is 10.8 Å². The van der Waals surface area contributed by atoms with Gasteiger partial charge in [0.15, 0.2) is 0 Å². The van der Waals surface area contributed by atoms with Gasteiger partial charge in [-0.1, -0.05) is 11.6 Å². The Bertz CT molecular complexity index is 706. The van der Waals surface area contributed by atoms with Gasteiger partial charge in [-0.05, 0) is 24.3 Å². The Morgan fingerprint density at radius 3 is 2.76 bits per heavy atom. The number of nitrogens with zero attached hydrogens (tertiary/aromatic N) is 2. The highest BCUT2D eigenvalue weighted by Crippen LogP contribution is 2.27. The van der Waals surface area contributed by atoms with E-state index in [2.05, 4.69) is 15.6 Å². The van der Waals surface area contributed by atoms with E-state index in [1.807, 2.05) is 0 Å². The van der Waals surface area contributed by atoms with Crippen molar-refractivity contribution in [2.24, 2.45) is 0 Å². The van der Waals surface area contributed by atoms with Gasteiger partial charge in [-0.25, -0.2) is 4.98 Å². The van der Waals surface area contributed by atoms with E-state index in [0.29, 0.717) is 17.1 Å². The summed E-state index contributed by atoms with van der Waals surface area (Å²) in [6.45, 7) is 0. The Labute approximate surface area is 125 Å². The summed E-state index contributed by atoms with van der Waals surface area (Å²) in [5, 5.41) is 16.2. The van der Waals surface area contributed by atoms with Crippen molar-refractivity contribution in [3.05, 3.63) is 57.2 Å². The maximum Gasteiger partial charge on any atom is 0.289 e. The van der Waals surface area contributed by atoms with Crippen molar-refractivity contribution in [1.29, 1.82) is 0 Å². The first-order valence-corrected chi connectivity index (χ1v) is 6.28. The summed E-state index contributed by atoms with van der Waals surface area (Å²) in [6.07, 6.45) is 1.49. The Morgan fingerprint density at radius 1 is 1.33 bits per heavy atom. The smallest absolute Gasteiger partial charge is 0.289 e. The summed E-state index contributed by atoms with van der Waals surface area (Å²) >= 11 is 5.71. The van der Waals surface area contributed by atoms with E-state index in [4.69, 9.17) is 11.6 Å². The van der Waals surface area contributed by atoms with Gasteiger partial charge in [0.25, 0.3) is 11.6 Å². The minimum Gasteiger partial charge on any atom is -0.373 e. The Kier molecular flexibility index (Phi) is 4.34. The number of rotatable bonds is 4. The highest BCUT2D eigenvalue weighted by atomic mass is 35.5. The molecule has 7 nitrogen and oxygen atoms in total. The first-order chi connectivity index (χ1) is 10.0. The third-order valence-corrected chi connectivity index (χ3v) is 3.00. The van der Waals surface area contributed by atoms with Gasteiger partial charge in [0.05, 0.1) is 4.92 Å². The molecule has 0 spiro atoms. The molecule has 1 aromatic heterocycles. The maximum absolute atomic E-state index is 12.1. The zero-order valence-corrected chi connectivity index (χ0v) is 11.7. The molecule has 0 aliphatic rings. The molecule has 0 fully saturated rings. The van der Waals surface area contributed by atoms with E-state index in [0.717, 1.165) is 0 Å². The van der Waals surface area contributed by atoms with Crippen LogP contribution < -0.4 is 10.6 Å². The number of pyridine rings is 1. The molecule has 2 aromatic rings. The molecule has 0 atom stereocenters. The second kappa shape index (κ2) is 6.19. The fraction of sp³-hybridized carbons (Fsp3) is 0.0769. The summed E-state index contributed by atoms with van der Waals surface area (Å²) in [7, 11) is 1.69. The summed E-state index contributed by atoms with van der Waals surface area (Å²) in [5.41, 5.74) is 0.408. The third kappa shape index (κ3) is 3.46. The summed E-state index contributed by atoms with van der Waals surface area (Å²) in [5.74, 6) is 0.148. The van der Waals surface area contributed by atoms with Gasteiger partial charge in [-0.15, -0.1) is 0 Å². The predicted octanol–water partition coefficient (Wildman–Crippen LogP) is 2.94. The molecule has 1 heterocycles. The standard InChI is InChI=1S/C13H11ClN4O3/c1-15-12-6-8(4-5-16-12)13(19)17-9-2-3-10(14)11(7-9)18(20)21/h2-7H,1H3,(H,15,16)(H,17,19). The molecule has 0 aliphatic heterocycles. The van der Waals surface area contributed by atoms with Crippen molar-refractivity contribution in [2.75, 3.05) is 17.7 Å². The first kappa shape index (κ1) is 14.7. The van der Waals surface area contributed by atoms with Gasteiger partial charge >= 0.3 is 0 Å². The molecule has 0 aliphatic carbocycles. The van der Waals surface area contributed by atoms with Crippen LogP contribution in [0.2, 0.25) is 5.02 Å². The largest absolute Gasteiger partial charge is 0.373 e. The van der Waals surface area contributed by atoms with E-state index < -0.39 is 10.8 Å². The molecule has 0 radical (unpaired) electrons. The molecule has 0 saturated carbocycles. The Balaban J connectivity index is 2.23. The summed E-state index contributed by atoms with van der Waals surface area (Å²) < 4.78 is 0. The lowest BCUT2D eigenvalue weighted by molar-refractivity contribution is -0.384. The lowest BCUT2D eigenvalue weighted by Crippen LogP contribution is -2.12. The van der Waals surface area contributed by atoms with Crippen molar-refractivity contribution in [3.63, 3.8) is 0 Å². The average molecular weight is 307 g/mol. The van der Waals surface area contributed by atoms with Crippen molar-refractivity contribution < 1.29 is 9.72 Å². The van der Waals surface area contributed by atoms with Crippen LogP contribution in [0, 0.1) is 10.1 Å². The van der Waals surface area contributed by atoms with Crippen LogP contribution in [-0.2, 0) is 0 Å². The minimum atomic E-state index is -0.608. The first-order valence-electron chi connectivity index (χ1n) is 5.90. The number of nitrogens with one attached hydrogen (secondary N) is 2. The van der Waals surface area contributed by atoms with Crippen molar-refractivity contribution in [3.8, 4) is 0 Å². The molecule has 1 amide bonds. The highest BCUT2D eigenvalue weighted by Gasteiger charge is 2.14. The van der Waals surface area contributed by atoms with Gasteiger partial charge in [-0.3, -0.25) is 14.9 Å². The van der Waals surface area contributed by atoms with Crippen molar-refractivity contribution in [2.45, 2.75) is 0 Å². The average Bonchev–Trinajstić information content (AvgIpc) is 2.49. The number of amides is 1. The quantitative estimate of drug-likeness (QED) is 0.668. The normalized spacial score (nSPS) is 10.0. The minimum absolute atomic E-state index is 0.0133. The second-order valence-corrected chi connectivity index (χ2v) is 4.46. The van der Waals surface area contributed by atoms with E-state index in [1.165, 1.54) is 24.4 Å². The number of halogens is 1. The Hall–Kier alpha value is -2.67. The molecular weight excluding hydrogens is 296 g/mol. The zero-order chi connectivity index (χ0) is 15.4. The number of carbonyl (C=O) groups excluding carboxylic acids is 1. The topological polar surface area (TPSA) is 97.2 Å². The van der Waals surface area contributed by atoms with Crippen LogP contribution in [0.1, 0.15) is 10.4 Å². The lowest BCUT2D eigenvalue weighted by Gasteiger charge is -2.07. The van der Waals surface area contributed by atoms with E-state index >= 15 is 0 Å². The molecule has 21 heavy (non-hydrogen) atoms. The van der Waals surface area contributed by atoms with Gasteiger partial charge < -0.3 is 10.6 Å². The molecule has 0 saturated heterocycles. The van der Waals surface area contributed by atoms with Crippen molar-refractivity contribution in [1.82, 2.24) is 4.98 Å². The molecule has 0 bridgehead atoms. The monoisotopic (exact) mass is 306 g/mol. The zero-order valence-electron chi connectivity index (χ0n) is 11.0. The molecule has 2 rings (SSSR count). The molecule has 108 valence electrons. The number of carbonyl (C=O) groups is 1. The van der Waals surface area contributed by atoms with E-state index in [1.54, 1.807) is 19.2 Å². The number of anilines is 2. The number of benzene rings is 1. The predicted molar refractivity (Wildman–Crippen MR) is 79.8 cm³/mol. The number of aromatic nitrogens is 1. The highest BCUT2D eigenvalue weighted by molar-refractivity contribution is 6.32. The number of hydrogen-bond donors (Lipinski definition) is 2. The molecular formula is C13H11ClN4O3. The second-order valence-electron chi connectivity index (χ2n) is 4.06. The van der Waals surface area contributed by atoms with Crippen LogP contribution in [0.4, 0.5) is 17.2 Å². The van der Waals surface area contributed by atoms with Crippen LogP contribution >= 0.6 is 11.6 Å². The fourth-order valence-corrected chi connectivity index (χ4v) is 1.83. The number of hydrogen-bond acceptors (Lipinski definition) is 5. The number of nitro groups is 1. The third-order valence-electron chi connectivity index (χ3n) is 2.68. The van der Waals surface area contributed by atoms with Crippen LogP contribution in [-0.4, -0.2) is 22.9 Å². The van der Waals surface area contributed by atoms with Crippen LogP contribution in [0.15, 0.2) is 36.5 Å². The maximum atomic E-state index is 12.1. The van der Waals surface area contributed by atoms with Crippen LogP contribution in [0.25, 0.3) is 0 Å². The molecule has 8 heteroatoms. The molecule has 1 aromatic carbocycles. The Morgan fingerprint density at radius 2 is 2.10 bits per heavy atom. The molecule has 2 N–H and O–H groups in total. The summed E-state index contributed by atoms with van der Waals surface area (Å²) in [6, 6.07) is 7.18. The van der Waals surface area contributed by atoms with Gasteiger partial charge in [0, 0.05) is 30.6 Å². The van der Waals surface area contributed by atoms with Crippen molar-refractivity contribution >= 4 is 34.7 Å². The fourth-order valence-electron chi connectivity index (χ4n) is 1.64. The molecule has 0 unspecified atom stereocenters.